The van der Waals surface area contributed by atoms with Crippen LogP contribution in [0, 0.1) is 0 Å². The molecule has 130 valence electrons. The van der Waals surface area contributed by atoms with Crippen LogP contribution >= 0.6 is 0 Å². The highest BCUT2D eigenvalue weighted by Gasteiger charge is 2.20. The summed E-state index contributed by atoms with van der Waals surface area (Å²) in [5.74, 6) is -0.00524. The van der Waals surface area contributed by atoms with Gasteiger partial charge in [0.2, 0.25) is 5.91 Å². The van der Waals surface area contributed by atoms with Crippen LogP contribution in [0.3, 0.4) is 0 Å². The number of nitrogens with zero attached hydrogens (tertiary/aromatic N) is 2. The van der Waals surface area contributed by atoms with E-state index in [1.54, 1.807) is 11.1 Å². The van der Waals surface area contributed by atoms with Gasteiger partial charge in [0.25, 0.3) is 0 Å². The molecule has 2 aromatic rings. The first-order valence-corrected chi connectivity index (χ1v) is 8.46. The van der Waals surface area contributed by atoms with Crippen LogP contribution in [0.25, 0.3) is 11.1 Å². The summed E-state index contributed by atoms with van der Waals surface area (Å²) in [4.78, 5) is 29.6. The lowest BCUT2D eigenvalue weighted by atomic mass is 10.0. The smallest absolute Gasteiger partial charge is 0.317 e. The van der Waals surface area contributed by atoms with Gasteiger partial charge in [0.1, 0.15) is 0 Å². The van der Waals surface area contributed by atoms with E-state index in [0.29, 0.717) is 26.1 Å². The molecule has 0 bridgehead atoms. The number of rotatable bonds is 3. The van der Waals surface area contributed by atoms with E-state index in [-0.39, 0.29) is 18.0 Å². The fraction of sp³-hybridized carbons (Fsp3) is 0.316. The van der Waals surface area contributed by atoms with E-state index in [4.69, 9.17) is 0 Å². The lowest BCUT2D eigenvalue weighted by molar-refractivity contribution is -0.120. The van der Waals surface area contributed by atoms with Crippen LogP contribution < -0.4 is 10.6 Å². The number of carbonyl (C=O) groups excluding carboxylic acids is 2. The molecule has 6 nitrogen and oxygen atoms in total. The first-order chi connectivity index (χ1) is 12.1. The topological polar surface area (TPSA) is 74.3 Å². The second kappa shape index (κ2) is 7.79. The van der Waals surface area contributed by atoms with Crippen molar-refractivity contribution in [3.63, 3.8) is 0 Å². The van der Waals surface area contributed by atoms with Crippen LogP contribution in [0.4, 0.5) is 4.79 Å². The minimum absolute atomic E-state index is 0.00524. The third-order valence-corrected chi connectivity index (χ3v) is 4.35. The average Bonchev–Trinajstić information content (AvgIpc) is 2.87. The summed E-state index contributed by atoms with van der Waals surface area (Å²) in [5.41, 5.74) is 3.19. The Hall–Kier alpha value is -2.89. The van der Waals surface area contributed by atoms with Crippen molar-refractivity contribution in [1.82, 2.24) is 20.5 Å². The largest absolute Gasteiger partial charge is 0.354 e. The SMILES string of the molecule is CC(NC(=O)N1CCNC(=O)CC1)c1ccc(-c2cccnc2)cc1. The molecule has 0 spiro atoms. The minimum atomic E-state index is -0.139. The van der Waals surface area contributed by atoms with Crippen LogP contribution in [0.2, 0.25) is 0 Å². The molecular weight excluding hydrogens is 316 g/mol. The minimum Gasteiger partial charge on any atom is -0.354 e. The molecule has 1 unspecified atom stereocenters. The Kier molecular flexibility index (Phi) is 5.28. The van der Waals surface area contributed by atoms with Gasteiger partial charge in [0.15, 0.2) is 0 Å². The van der Waals surface area contributed by atoms with Gasteiger partial charge in [-0.25, -0.2) is 4.79 Å². The predicted octanol–water partition coefficient (Wildman–Crippen LogP) is 2.34. The molecule has 3 rings (SSSR count). The summed E-state index contributed by atoms with van der Waals surface area (Å²) in [6.07, 6.45) is 3.93. The van der Waals surface area contributed by atoms with Gasteiger partial charge in [0.05, 0.1) is 6.04 Å². The van der Waals surface area contributed by atoms with Crippen molar-refractivity contribution in [2.24, 2.45) is 0 Å². The molecule has 0 aliphatic carbocycles. The van der Waals surface area contributed by atoms with Gasteiger partial charge in [-0.1, -0.05) is 30.3 Å². The number of urea groups is 1. The Balaban J connectivity index is 1.62. The highest BCUT2D eigenvalue weighted by Crippen LogP contribution is 2.21. The molecule has 1 aliphatic heterocycles. The van der Waals surface area contributed by atoms with Crippen molar-refractivity contribution < 1.29 is 9.59 Å². The summed E-state index contributed by atoms with van der Waals surface area (Å²) in [7, 11) is 0. The molecule has 3 amide bonds. The summed E-state index contributed by atoms with van der Waals surface area (Å²) in [5, 5.41) is 5.77. The van der Waals surface area contributed by atoms with Crippen LogP contribution in [-0.2, 0) is 4.79 Å². The predicted molar refractivity (Wildman–Crippen MR) is 95.8 cm³/mol. The van der Waals surface area contributed by atoms with Gasteiger partial charge in [-0.3, -0.25) is 9.78 Å². The third kappa shape index (κ3) is 4.35. The van der Waals surface area contributed by atoms with Crippen molar-refractivity contribution in [1.29, 1.82) is 0 Å². The standard InChI is InChI=1S/C19H22N4O2/c1-14(22-19(25)23-11-8-18(24)21-10-12-23)15-4-6-16(7-5-15)17-3-2-9-20-13-17/h2-7,9,13-14H,8,10-12H2,1H3,(H,21,24)(H,22,25). The van der Waals surface area contributed by atoms with Gasteiger partial charge in [-0.05, 0) is 29.7 Å². The molecule has 1 aromatic heterocycles. The number of hydrogen-bond donors (Lipinski definition) is 2. The number of nitrogens with one attached hydrogen (secondary N) is 2. The van der Waals surface area contributed by atoms with E-state index >= 15 is 0 Å². The summed E-state index contributed by atoms with van der Waals surface area (Å²) in [6, 6.07) is 11.8. The lowest BCUT2D eigenvalue weighted by Crippen LogP contribution is -2.42. The molecule has 2 N–H and O–H groups in total. The summed E-state index contributed by atoms with van der Waals surface area (Å²) < 4.78 is 0. The van der Waals surface area contributed by atoms with Gasteiger partial charge >= 0.3 is 6.03 Å². The van der Waals surface area contributed by atoms with Crippen LogP contribution in [0.15, 0.2) is 48.8 Å². The fourth-order valence-corrected chi connectivity index (χ4v) is 2.83. The molecule has 25 heavy (non-hydrogen) atoms. The molecule has 2 heterocycles. The fourth-order valence-electron chi connectivity index (χ4n) is 2.83. The Labute approximate surface area is 147 Å². The van der Waals surface area contributed by atoms with Gasteiger partial charge in [-0.15, -0.1) is 0 Å². The lowest BCUT2D eigenvalue weighted by Gasteiger charge is -2.23. The molecule has 0 radical (unpaired) electrons. The van der Waals surface area contributed by atoms with E-state index in [9.17, 15) is 9.59 Å². The quantitative estimate of drug-likeness (QED) is 0.902. The van der Waals surface area contributed by atoms with Crippen molar-refractivity contribution in [2.75, 3.05) is 19.6 Å². The Morgan fingerprint density at radius 2 is 2.00 bits per heavy atom. The number of hydrogen-bond acceptors (Lipinski definition) is 3. The van der Waals surface area contributed by atoms with Crippen molar-refractivity contribution in [3.05, 3.63) is 54.4 Å². The Bertz CT molecular complexity index is 731. The maximum atomic E-state index is 12.4. The highest BCUT2D eigenvalue weighted by molar-refractivity contribution is 5.79. The zero-order valence-corrected chi connectivity index (χ0v) is 14.2. The summed E-state index contributed by atoms with van der Waals surface area (Å²) in [6.45, 7) is 3.44. The van der Waals surface area contributed by atoms with E-state index in [1.165, 1.54) is 0 Å². The van der Waals surface area contributed by atoms with E-state index < -0.39 is 0 Å². The number of amides is 3. The Morgan fingerprint density at radius 3 is 2.72 bits per heavy atom. The van der Waals surface area contributed by atoms with Crippen LogP contribution in [0.5, 0.6) is 0 Å². The maximum absolute atomic E-state index is 12.4. The van der Waals surface area contributed by atoms with E-state index in [0.717, 1.165) is 16.7 Å². The van der Waals surface area contributed by atoms with Crippen LogP contribution in [-0.4, -0.2) is 41.5 Å². The number of pyridine rings is 1. The highest BCUT2D eigenvalue weighted by atomic mass is 16.2. The number of benzene rings is 1. The van der Waals surface area contributed by atoms with Crippen LogP contribution in [0.1, 0.15) is 24.9 Å². The molecule has 1 aliphatic rings. The van der Waals surface area contributed by atoms with Crippen molar-refractivity contribution in [2.45, 2.75) is 19.4 Å². The van der Waals surface area contributed by atoms with Crippen molar-refractivity contribution >= 4 is 11.9 Å². The molecule has 0 saturated carbocycles. The number of carbonyl (C=O) groups is 2. The molecule has 1 atom stereocenters. The maximum Gasteiger partial charge on any atom is 0.317 e. The zero-order valence-electron chi connectivity index (χ0n) is 14.2. The van der Waals surface area contributed by atoms with Crippen molar-refractivity contribution in [3.8, 4) is 11.1 Å². The third-order valence-electron chi connectivity index (χ3n) is 4.35. The Morgan fingerprint density at radius 1 is 1.20 bits per heavy atom. The van der Waals surface area contributed by atoms with Gasteiger partial charge < -0.3 is 15.5 Å². The van der Waals surface area contributed by atoms with Gasteiger partial charge in [0, 0.05) is 38.4 Å². The second-order valence-electron chi connectivity index (χ2n) is 6.12. The molecule has 6 heteroatoms. The first kappa shape index (κ1) is 17.0. The normalized spacial score (nSPS) is 15.9. The van der Waals surface area contributed by atoms with Gasteiger partial charge in [-0.2, -0.15) is 0 Å². The molecular formula is C19H22N4O2. The summed E-state index contributed by atoms with van der Waals surface area (Å²) >= 11 is 0. The molecule has 1 fully saturated rings. The average molecular weight is 338 g/mol. The monoisotopic (exact) mass is 338 g/mol. The first-order valence-electron chi connectivity index (χ1n) is 8.46. The second-order valence-corrected chi connectivity index (χ2v) is 6.12. The zero-order chi connectivity index (χ0) is 17.6. The van der Waals surface area contributed by atoms with E-state index in [2.05, 4.69) is 15.6 Å². The molecule has 1 aromatic carbocycles. The number of aromatic nitrogens is 1. The molecule has 1 saturated heterocycles. The van der Waals surface area contributed by atoms with E-state index in [1.807, 2.05) is 49.5 Å².